The normalized spacial score (nSPS) is 13.2. The zero-order valence-electron chi connectivity index (χ0n) is 17.1. The van der Waals surface area contributed by atoms with Gasteiger partial charge in [-0.15, -0.1) is 0 Å². The minimum absolute atomic E-state index is 0.465. The molecule has 0 N–H and O–H groups in total. The van der Waals surface area contributed by atoms with E-state index in [0.717, 1.165) is 30.2 Å². The highest BCUT2D eigenvalue weighted by Crippen LogP contribution is 2.27. The number of aryl methyl sites for hydroxylation is 1. The van der Waals surface area contributed by atoms with E-state index in [1.54, 1.807) is 0 Å². The molecule has 2 heteroatoms. The summed E-state index contributed by atoms with van der Waals surface area (Å²) in [5, 5.41) is 0. The van der Waals surface area contributed by atoms with E-state index in [2.05, 4.69) is 62.4 Å². The molecule has 2 unspecified atom stereocenters. The van der Waals surface area contributed by atoms with E-state index in [1.807, 2.05) is 24.3 Å². The fraction of sp³-hybridized carbons (Fsp3) is 0.308. The molecule has 4 radical (unpaired) electrons. The van der Waals surface area contributed by atoms with E-state index < -0.39 is 0 Å². The maximum Gasteiger partial charge on any atom is 0.113 e. The van der Waals surface area contributed by atoms with Gasteiger partial charge in [0, 0.05) is 0 Å². The predicted octanol–water partition coefficient (Wildman–Crippen LogP) is 4.75. The summed E-state index contributed by atoms with van der Waals surface area (Å²) >= 11 is 0. The summed E-state index contributed by atoms with van der Waals surface area (Å²) in [5.41, 5.74) is 7.15. The zero-order valence-corrected chi connectivity index (χ0v) is 17.1. The summed E-state index contributed by atoms with van der Waals surface area (Å²) in [6, 6.07) is 25.8. The summed E-state index contributed by atoms with van der Waals surface area (Å²) < 4.78 is 0. The van der Waals surface area contributed by atoms with Crippen molar-refractivity contribution in [2.45, 2.75) is 51.4 Å². The second-order valence-electron chi connectivity index (χ2n) is 7.90. The average molecular weight is 362 g/mol. The molecule has 0 aromatic heterocycles. The highest BCUT2D eigenvalue weighted by molar-refractivity contribution is 6.32. The quantitative estimate of drug-likeness (QED) is 0.508. The van der Waals surface area contributed by atoms with Gasteiger partial charge in [-0.25, -0.2) is 0 Å². The van der Waals surface area contributed by atoms with Gasteiger partial charge < -0.3 is 0 Å². The third kappa shape index (κ3) is 5.64. The summed E-state index contributed by atoms with van der Waals surface area (Å²) in [6.07, 6.45) is 4.36. The molecule has 0 bridgehead atoms. The second kappa shape index (κ2) is 9.82. The number of hydrogen-bond acceptors (Lipinski definition) is 0. The minimum Gasteiger partial charge on any atom is -0.0967 e. The first-order valence-corrected chi connectivity index (χ1v) is 10.3. The molecule has 0 aliphatic heterocycles. The van der Waals surface area contributed by atoms with E-state index in [-0.39, 0.29) is 0 Å². The molecule has 0 nitrogen and oxygen atoms in total. The Morgan fingerprint density at radius 2 is 1.18 bits per heavy atom. The van der Waals surface area contributed by atoms with Crippen LogP contribution in [0.1, 0.15) is 60.8 Å². The Morgan fingerprint density at radius 1 is 0.679 bits per heavy atom. The first kappa shape index (κ1) is 20.5. The van der Waals surface area contributed by atoms with Crippen molar-refractivity contribution in [1.29, 1.82) is 0 Å². The molecule has 0 amide bonds. The van der Waals surface area contributed by atoms with Gasteiger partial charge in [0.2, 0.25) is 0 Å². The van der Waals surface area contributed by atoms with Crippen LogP contribution in [-0.2, 0) is 12.8 Å². The van der Waals surface area contributed by atoms with Crippen molar-refractivity contribution in [1.82, 2.24) is 0 Å². The highest BCUT2D eigenvalue weighted by atomic mass is 14.2. The SMILES string of the molecule is [B]c1ccc(CCC(Cc2ccc(C(C)CC)cc2)c2ccc([B])cc2)cc1. The molecule has 0 spiro atoms. The third-order valence-corrected chi connectivity index (χ3v) is 5.81. The molecule has 0 heterocycles. The topological polar surface area (TPSA) is 0 Å². The summed E-state index contributed by atoms with van der Waals surface area (Å²) in [7, 11) is 11.7. The van der Waals surface area contributed by atoms with Crippen LogP contribution in [0.4, 0.5) is 0 Å². The van der Waals surface area contributed by atoms with E-state index in [1.165, 1.54) is 28.7 Å². The minimum atomic E-state index is 0.465. The molecule has 28 heavy (non-hydrogen) atoms. The molecule has 3 rings (SSSR count). The Morgan fingerprint density at radius 3 is 1.75 bits per heavy atom. The Bertz CT molecular complexity index is 848. The molecule has 0 aliphatic carbocycles. The van der Waals surface area contributed by atoms with E-state index >= 15 is 0 Å². The smallest absolute Gasteiger partial charge is 0.0967 e. The van der Waals surface area contributed by atoms with Gasteiger partial charge >= 0.3 is 0 Å². The average Bonchev–Trinajstić information content (AvgIpc) is 2.73. The fourth-order valence-electron chi connectivity index (χ4n) is 3.68. The lowest BCUT2D eigenvalue weighted by Crippen LogP contribution is -2.08. The molecule has 0 fully saturated rings. The summed E-state index contributed by atoms with van der Waals surface area (Å²) in [5.74, 6) is 1.08. The van der Waals surface area contributed by atoms with E-state index in [9.17, 15) is 0 Å². The van der Waals surface area contributed by atoms with Crippen molar-refractivity contribution in [3.63, 3.8) is 0 Å². The zero-order chi connectivity index (χ0) is 19.9. The lowest BCUT2D eigenvalue weighted by molar-refractivity contribution is 0.621. The van der Waals surface area contributed by atoms with Crippen molar-refractivity contribution in [3.05, 3.63) is 95.1 Å². The molecule has 0 saturated heterocycles. The molecular formula is C26H28B2. The van der Waals surface area contributed by atoms with Gasteiger partial charge in [-0.2, -0.15) is 0 Å². The summed E-state index contributed by atoms with van der Waals surface area (Å²) in [6.45, 7) is 4.53. The Kier molecular flexibility index (Phi) is 7.20. The van der Waals surface area contributed by atoms with Crippen LogP contribution in [0.25, 0.3) is 0 Å². The predicted molar refractivity (Wildman–Crippen MR) is 124 cm³/mol. The van der Waals surface area contributed by atoms with Gasteiger partial charge in [0.25, 0.3) is 0 Å². The number of hydrogen-bond donors (Lipinski definition) is 0. The molecule has 0 saturated carbocycles. The van der Waals surface area contributed by atoms with Crippen LogP contribution < -0.4 is 10.9 Å². The van der Waals surface area contributed by atoms with Crippen LogP contribution in [0.3, 0.4) is 0 Å². The lowest BCUT2D eigenvalue weighted by Gasteiger charge is -2.19. The van der Waals surface area contributed by atoms with Crippen molar-refractivity contribution in [3.8, 4) is 0 Å². The first-order valence-electron chi connectivity index (χ1n) is 10.3. The van der Waals surface area contributed by atoms with Crippen LogP contribution in [-0.4, -0.2) is 15.7 Å². The number of benzene rings is 3. The van der Waals surface area contributed by atoms with Gasteiger partial charge in [-0.05, 0) is 59.8 Å². The third-order valence-electron chi connectivity index (χ3n) is 5.81. The molecule has 138 valence electrons. The molecule has 2 atom stereocenters. The summed E-state index contributed by atoms with van der Waals surface area (Å²) in [4.78, 5) is 0. The molecule has 3 aromatic rings. The number of rotatable bonds is 8. The van der Waals surface area contributed by atoms with E-state index in [0.29, 0.717) is 11.8 Å². The molecule has 3 aromatic carbocycles. The molecule has 0 aliphatic rings. The highest BCUT2D eigenvalue weighted by Gasteiger charge is 2.13. The van der Waals surface area contributed by atoms with Crippen LogP contribution in [0.5, 0.6) is 0 Å². The van der Waals surface area contributed by atoms with Crippen molar-refractivity contribution < 1.29 is 0 Å². The van der Waals surface area contributed by atoms with Gasteiger partial charge in [0.05, 0.1) is 0 Å². The van der Waals surface area contributed by atoms with Gasteiger partial charge in [0.15, 0.2) is 0 Å². The maximum absolute atomic E-state index is 5.90. The van der Waals surface area contributed by atoms with E-state index in [4.69, 9.17) is 15.7 Å². The first-order chi connectivity index (χ1) is 13.5. The van der Waals surface area contributed by atoms with Crippen LogP contribution in [0.15, 0.2) is 72.8 Å². The Balaban J connectivity index is 1.75. The van der Waals surface area contributed by atoms with Gasteiger partial charge in [-0.3, -0.25) is 0 Å². The van der Waals surface area contributed by atoms with Crippen LogP contribution >= 0.6 is 0 Å². The largest absolute Gasteiger partial charge is 0.113 e. The Hall–Kier alpha value is -2.21. The molecular weight excluding hydrogens is 334 g/mol. The van der Waals surface area contributed by atoms with Crippen LogP contribution in [0, 0.1) is 0 Å². The van der Waals surface area contributed by atoms with Crippen molar-refractivity contribution >= 4 is 26.6 Å². The second-order valence-corrected chi connectivity index (χ2v) is 7.90. The van der Waals surface area contributed by atoms with Crippen LogP contribution in [0.2, 0.25) is 0 Å². The van der Waals surface area contributed by atoms with Crippen molar-refractivity contribution in [2.24, 2.45) is 0 Å². The van der Waals surface area contributed by atoms with Gasteiger partial charge in [-0.1, -0.05) is 97.6 Å². The monoisotopic (exact) mass is 362 g/mol. The standard InChI is InChI=1S/C26H28B2/c1-3-19(2)22-9-5-21(6-10-22)18-24(23-12-16-26(28)17-13-23)11-4-20-7-14-25(27)15-8-20/h5-10,12-17,19,24H,3-4,11,18H2,1-2H3. The maximum atomic E-state index is 5.90. The Labute approximate surface area is 173 Å². The van der Waals surface area contributed by atoms with Gasteiger partial charge in [0.1, 0.15) is 15.7 Å². The fourth-order valence-corrected chi connectivity index (χ4v) is 3.68. The lowest BCUT2D eigenvalue weighted by atomic mass is 9.84. The van der Waals surface area contributed by atoms with Crippen molar-refractivity contribution in [2.75, 3.05) is 0 Å².